The molecular weight excluding hydrogens is 305 g/mol. The van der Waals surface area contributed by atoms with Crippen LogP contribution in [0.25, 0.3) is 0 Å². The number of halogens is 2. The highest BCUT2D eigenvalue weighted by atomic mass is 35.5. The summed E-state index contributed by atoms with van der Waals surface area (Å²) in [7, 11) is 1.52. The van der Waals surface area contributed by atoms with Gasteiger partial charge in [-0.1, -0.05) is 23.2 Å². The molecule has 5 nitrogen and oxygen atoms in total. The molecule has 2 N–H and O–H groups in total. The van der Waals surface area contributed by atoms with Gasteiger partial charge in [-0.25, -0.2) is 4.79 Å². The van der Waals surface area contributed by atoms with Crippen molar-refractivity contribution < 1.29 is 19.7 Å². The van der Waals surface area contributed by atoms with Gasteiger partial charge in [0.1, 0.15) is 5.75 Å². The average Bonchev–Trinajstić information content (AvgIpc) is 2.85. The fraction of sp³-hybridized carbons (Fsp3) is 0.462. The largest absolute Gasteiger partial charge is 0.496 e. The second-order valence-electron chi connectivity index (χ2n) is 4.68. The maximum atomic E-state index is 11.2. The molecule has 1 aromatic carbocycles. The lowest BCUT2D eigenvalue weighted by atomic mass is 9.95. The molecule has 2 rings (SSSR count). The number of hydrogen-bond donors (Lipinski definition) is 2. The lowest BCUT2D eigenvalue weighted by Crippen LogP contribution is -2.36. The topological polar surface area (TPSA) is 70.0 Å². The van der Waals surface area contributed by atoms with E-state index in [1.807, 2.05) is 0 Å². The summed E-state index contributed by atoms with van der Waals surface area (Å²) in [6.07, 6.45) is -0.567. The van der Waals surface area contributed by atoms with E-state index >= 15 is 0 Å². The number of aliphatic hydroxyl groups excluding tert-OH is 1. The zero-order chi connectivity index (χ0) is 14.9. The second kappa shape index (κ2) is 6.08. The molecule has 1 aromatic rings. The molecule has 1 amide bonds. The summed E-state index contributed by atoms with van der Waals surface area (Å²) < 4.78 is 5.29. The van der Waals surface area contributed by atoms with Crippen LogP contribution in [0.2, 0.25) is 10.0 Å². The Morgan fingerprint density at radius 1 is 1.50 bits per heavy atom. The number of nitrogens with zero attached hydrogens (tertiary/aromatic N) is 1. The lowest BCUT2D eigenvalue weighted by molar-refractivity contribution is 0.118. The van der Waals surface area contributed by atoms with Crippen LogP contribution in [0, 0.1) is 0 Å². The molecular formula is C13H15Cl2NO4. The second-order valence-corrected chi connectivity index (χ2v) is 5.47. The predicted molar refractivity (Wildman–Crippen MR) is 76.0 cm³/mol. The normalized spacial score (nSPS) is 22.1. The van der Waals surface area contributed by atoms with Crippen LogP contribution in [0.15, 0.2) is 12.1 Å². The van der Waals surface area contributed by atoms with Crippen LogP contribution in [0.5, 0.6) is 5.75 Å². The lowest BCUT2D eigenvalue weighted by Gasteiger charge is -2.19. The third-order valence-electron chi connectivity index (χ3n) is 3.59. The summed E-state index contributed by atoms with van der Waals surface area (Å²) in [6, 6.07) is 2.91. The first-order valence-electron chi connectivity index (χ1n) is 6.11. The maximum Gasteiger partial charge on any atom is 0.407 e. The van der Waals surface area contributed by atoms with E-state index in [0.717, 1.165) is 0 Å². The minimum Gasteiger partial charge on any atom is -0.496 e. The Morgan fingerprint density at radius 2 is 2.20 bits per heavy atom. The molecule has 7 heteroatoms. The van der Waals surface area contributed by atoms with Gasteiger partial charge < -0.3 is 19.8 Å². The molecule has 1 saturated heterocycles. The fourth-order valence-corrected chi connectivity index (χ4v) is 3.12. The third-order valence-corrected chi connectivity index (χ3v) is 4.41. The number of carbonyl (C=O) groups is 1. The minimum atomic E-state index is -1.05. The van der Waals surface area contributed by atoms with Gasteiger partial charge in [-0.05, 0) is 18.6 Å². The first-order valence-corrected chi connectivity index (χ1v) is 6.87. The van der Waals surface area contributed by atoms with Gasteiger partial charge in [-0.3, -0.25) is 0 Å². The molecule has 0 spiro atoms. The SMILES string of the molecule is COc1ccc(Cl)c(Cl)c1[C@H]1C[C@@H](CO)N(C(=O)O)C1. The number of benzene rings is 1. The molecule has 0 saturated carbocycles. The zero-order valence-corrected chi connectivity index (χ0v) is 12.4. The summed E-state index contributed by atoms with van der Waals surface area (Å²) >= 11 is 12.3. The molecule has 0 aliphatic carbocycles. The van der Waals surface area contributed by atoms with Gasteiger partial charge in [0.05, 0.1) is 29.8 Å². The van der Waals surface area contributed by atoms with Crippen LogP contribution < -0.4 is 4.74 Å². The molecule has 110 valence electrons. The van der Waals surface area contributed by atoms with Gasteiger partial charge in [0.25, 0.3) is 0 Å². The van der Waals surface area contributed by atoms with E-state index < -0.39 is 12.1 Å². The number of likely N-dealkylation sites (tertiary alicyclic amines) is 1. The van der Waals surface area contributed by atoms with Gasteiger partial charge in [0.2, 0.25) is 0 Å². The van der Waals surface area contributed by atoms with Gasteiger partial charge >= 0.3 is 6.09 Å². The summed E-state index contributed by atoms with van der Waals surface area (Å²) in [5.74, 6) is 0.428. The molecule has 0 unspecified atom stereocenters. The van der Waals surface area contributed by atoms with Gasteiger partial charge in [-0.2, -0.15) is 0 Å². The molecule has 0 aromatic heterocycles. The van der Waals surface area contributed by atoms with Crippen molar-refractivity contribution in [3.63, 3.8) is 0 Å². The minimum absolute atomic E-state index is 0.149. The first kappa shape index (κ1) is 15.2. The van der Waals surface area contributed by atoms with Crippen LogP contribution in [0.4, 0.5) is 4.79 Å². The van der Waals surface area contributed by atoms with Crippen molar-refractivity contribution in [3.05, 3.63) is 27.7 Å². The molecule has 1 aliphatic heterocycles. The summed E-state index contributed by atoms with van der Waals surface area (Å²) in [4.78, 5) is 12.4. The van der Waals surface area contributed by atoms with E-state index in [1.165, 1.54) is 12.0 Å². The quantitative estimate of drug-likeness (QED) is 0.898. The summed E-state index contributed by atoms with van der Waals surface area (Å²) in [5, 5.41) is 19.2. The smallest absolute Gasteiger partial charge is 0.407 e. The number of amides is 1. The Balaban J connectivity index is 2.38. The molecule has 20 heavy (non-hydrogen) atoms. The highest BCUT2D eigenvalue weighted by molar-refractivity contribution is 6.42. The van der Waals surface area contributed by atoms with E-state index in [9.17, 15) is 9.90 Å². The number of ether oxygens (including phenoxy) is 1. The number of carboxylic acid groups (broad SMARTS) is 1. The Morgan fingerprint density at radius 3 is 2.70 bits per heavy atom. The Kier molecular flexibility index (Phi) is 4.62. The van der Waals surface area contributed by atoms with Crippen molar-refractivity contribution in [1.29, 1.82) is 0 Å². The molecule has 2 atom stereocenters. The molecule has 1 fully saturated rings. The Hall–Kier alpha value is -1.17. The third kappa shape index (κ3) is 2.66. The van der Waals surface area contributed by atoms with Crippen LogP contribution in [-0.4, -0.2) is 47.5 Å². The highest BCUT2D eigenvalue weighted by Crippen LogP contribution is 2.43. The molecule has 1 aliphatic rings. The number of rotatable bonds is 3. The van der Waals surface area contributed by atoms with Crippen molar-refractivity contribution >= 4 is 29.3 Å². The summed E-state index contributed by atoms with van der Waals surface area (Å²) in [5.41, 5.74) is 0.698. The van der Waals surface area contributed by atoms with Crippen molar-refractivity contribution in [2.75, 3.05) is 20.3 Å². The Bertz CT molecular complexity index is 523. The van der Waals surface area contributed by atoms with E-state index in [2.05, 4.69) is 0 Å². The van der Waals surface area contributed by atoms with Crippen LogP contribution in [-0.2, 0) is 0 Å². The van der Waals surface area contributed by atoms with Crippen molar-refractivity contribution in [1.82, 2.24) is 4.90 Å². The van der Waals surface area contributed by atoms with Crippen molar-refractivity contribution in [3.8, 4) is 5.75 Å². The Labute approximate surface area is 126 Å². The van der Waals surface area contributed by atoms with E-state index in [0.29, 0.717) is 27.8 Å². The van der Waals surface area contributed by atoms with Crippen molar-refractivity contribution in [2.24, 2.45) is 0 Å². The number of methoxy groups -OCH3 is 1. The van der Waals surface area contributed by atoms with Crippen molar-refractivity contribution in [2.45, 2.75) is 18.4 Å². The van der Waals surface area contributed by atoms with E-state index in [1.54, 1.807) is 12.1 Å². The average molecular weight is 320 g/mol. The van der Waals surface area contributed by atoms with Gasteiger partial charge in [0.15, 0.2) is 0 Å². The first-order chi connectivity index (χ1) is 9.49. The van der Waals surface area contributed by atoms with Gasteiger partial charge in [0, 0.05) is 18.0 Å². The monoisotopic (exact) mass is 319 g/mol. The molecule has 0 radical (unpaired) electrons. The predicted octanol–water partition coefficient (Wildman–Crippen LogP) is 2.83. The molecule has 1 heterocycles. The van der Waals surface area contributed by atoms with Gasteiger partial charge in [-0.15, -0.1) is 0 Å². The zero-order valence-electron chi connectivity index (χ0n) is 10.8. The molecule has 0 bridgehead atoms. The van der Waals surface area contributed by atoms with Crippen LogP contribution >= 0.6 is 23.2 Å². The fourth-order valence-electron chi connectivity index (χ4n) is 2.64. The number of hydrogen-bond acceptors (Lipinski definition) is 3. The number of aliphatic hydroxyl groups is 1. The van der Waals surface area contributed by atoms with E-state index in [-0.39, 0.29) is 19.1 Å². The van der Waals surface area contributed by atoms with Crippen LogP contribution in [0.3, 0.4) is 0 Å². The summed E-state index contributed by atoms with van der Waals surface area (Å²) in [6.45, 7) is 0.0419. The van der Waals surface area contributed by atoms with Crippen LogP contribution in [0.1, 0.15) is 17.9 Å². The highest BCUT2D eigenvalue weighted by Gasteiger charge is 2.37. The maximum absolute atomic E-state index is 11.2. The standard InChI is InChI=1S/C13H15Cl2NO4/c1-20-10-3-2-9(14)12(15)11(10)7-4-8(6-17)16(5-7)13(18)19/h2-3,7-8,17H,4-6H2,1H3,(H,18,19)/t7-,8-/m0/s1. The van der Waals surface area contributed by atoms with E-state index in [4.69, 9.17) is 33.0 Å².